The molecular formula is C64H86N4O4. The van der Waals surface area contributed by atoms with E-state index in [-0.39, 0.29) is 57.8 Å². The maximum Gasteiger partial charge on any atom is 0.408 e. The van der Waals surface area contributed by atoms with Gasteiger partial charge in [0.15, 0.2) is 0 Å². The number of carbonyl (C=O) groups excluding carboxylic acids is 2. The molecule has 8 heteroatoms. The number of alkyl carbamates (subject to hydrolysis) is 2. The Morgan fingerprint density at radius 1 is 0.417 bits per heavy atom. The number of benzene rings is 5. The van der Waals surface area contributed by atoms with Crippen molar-refractivity contribution >= 4 is 12.2 Å². The molecule has 5 aromatic carbocycles. The molecule has 0 bridgehead atoms. The van der Waals surface area contributed by atoms with Crippen LogP contribution in [0.4, 0.5) is 9.59 Å². The Balaban J connectivity index is 0.975. The van der Waals surface area contributed by atoms with Crippen molar-refractivity contribution in [1.29, 1.82) is 0 Å². The van der Waals surface area contributed by atoms with Crippen LogP contribution < -0.4 is 21.3 Å². The van der Waals surface area contributed by atoms with E-state index in [0.717, 1.165) is 11.1 Å². The van der Waals surface area contributed by atoms with Gasteiger partial charge >= 0.3 is 12.2 Å². The number of carbonyl (C=O) groups is 2. The number of ether oxygens (including phenoxy) is 2. The first kappa shape index (κ1) is 54.3. The second-order valence-corrected chi connectivity index (χ2v) is 26.1. The zero-order chi connectivity index (χ0) is 52.6. The molecule has 0 spiro atoms. The van der Waals surface area contributed by atoms with E-state index in [0.29, 0.717) is 25.9 Å². The van der Waals surface area contributed by atoms with Gasteiger partial charge in [0.25, 0.3) is 0 Å². The molecule has 0 saturated carbocycles. The van der Waals surface area contributed by atoms with Gasteiger partial charge in [0.1, 0.15) is 12.2 Å². The highest BCUT2D eigenvalue weighted by atomic mass is 16.6. The zero-order valence-electron chi connectivity index (χ0n) is 46.5. The lowest BCUT2D eigenvalue weighted by atomic mass is 9.80. The summed E-state index contributed by atoms with van der Waals surface area (Å²) in [6.45, 7) is 35.9. The minimum absolute atomic E-state index is 0.0568. The third-order valence-corrected chi connectivity index (χ3v) is 15.3. The fraction of sp³-hybridized carbons (Fsp3) is 0.500. The summed E-state index contributed by atoms with van der Waals surface area (Å²) < 4.78 is 12.4. The largest absolute Gasteiger partial charge is 0.445 e. The van der Waals surface area contributed by atoms with E-state index >= 15 is 0 Å². The topological polar surface area (TPSA) is 101 Å². The second-order valence-electron chi connectivity index (χ2n) is 26.1. The van der Waals surface area contributed by atoms with E-state index in [2.05, 4.69) is 201 Å². The predicted molar refractivity (Wildman–Crippen MR) is 296 cm³/mol. The standard InChI is InChI=1S/C64H86N4O4/c1-59(2,3)45-28-20-41(21-29-45)55(42-22-30-46(31-23-42)60(4,5)6)53-37-51(39-65-53)71-57(69)67-63(13,14)49-18-17-19-50(36-49)64(15,16)68-58(70)72-52-38-54(66-40-52)56(43-24-32-47(33-25-43)61(7,8)9)44-26-34-48(35-27-44)62(10,11)12/h17-36,51-56,65-66H,37-40H2,1-16H3,(H,67,69)(H,68,70)/t51-,52-,53-,54-/m1/s1. The molecule has 8 nitrogen and oxygen atoms in total. The van der Waals surface area contributed by atoms with Crippen LogP contribution >= 0.6 is 0 Å². The number of rotatable bonds is 12. The van der Waals surface area contributed by atoms with Crippen molar-refractivity contribution in [2.75, 3.05) is 13.1 Å². The highest BCUT2D eigenvalue weighted by Gasteiger charge is 2.38. The average Bonchev–Trinajstić information content (AvgIpc) is 3.95. The Morgan fingerprint density at radius 2 is 0.681 bits per heavy atom. The van der Waals surface area contributed by atoms with Crippen molar-refractivity contribution in [2.24, 2.45) is 0 Å². The Kier molecular flexibility index (Phi) is 15.7. The number of amides is 2. The van der Waals surface area contributed by atoms with Crippen molar-refractivity contribution in [3.8, 4) is 0 Å². The van der Waals surface area contributed by atoms with Gasteiger partial charge in [-0.05, 0) is 105 Å². The molecule has 2 amide bonds. The first-order chi connectivity index (χ1) is 33.5. The third kappa shape index (κ3) is 13.2. The summed E-state index contributed by atoms with van der Waals surface area (Å²) in [5.41, 5.74) is 10.6. The van der Waals surface area contributed by atoms with Crippen LogP contribution in [0, 0.1) is 0 Å². The maximum absolute atomic E-state index is 13.7. The van der Waals surface area contributed by atoms with E-state index in [1.807, 2.05) is 52.0 Å². The van der Waals surface area contributed by atoms with Gasteiger partial charge in [0.05, 0.1) is 11.1 Å². The van der Waals surface area contributed by atoms with Gasteiger partial charge in [0, 0.05) is 49.9 Å². The van der Waals surface area contributed by atoms with Crippen molar-refractivity contribution in [2.45, 2.75) is 192 Å². The smallest absolute Gasteiger partial charge is 0.408 e. The van der Waals surface area contributed by atoms with E-state index in [1.54, 1.807) is 0 Å². The first-order valence-electron chi connectivity index (χ1n) is 26.5. The Morgan fingerprint density at radius 3 is 0.931 bits per heavy atom. The van der Waals surface area contributed by atoms with Gasteiger partial charge in [-0.25, -0.2) is 9.59 Å². The quantitative estimate of drug-likeness (QED) is 0.0994. The van der Waals surface area contributed by atoms with Crippen molar-refractivity contribution in [3.63, 3.8) is 0 Å². The number of hydrogen-bond acceptors (Lipinski definition) is 6. The predicted octanol–water partition coefficient (Wildman–Crippen LogP) is 13.9. The second kappa shape index (κ2) is 20.8. The van der Waals surface area contributed by atoms with Crippen LogP contribution in [0.15, 0.2) is 121 Å². The van der Waals surface area contributed by atoms with Crippen molar-refractivity contribution < 1.29 is 19.1 Å². The number of nitrogens with one attached hydrogen (secondary N) is 4. The molecular weight excluding hydrogens is 889 g/mol. The molecule has 5 aromatic rings. The molecule has 2 saturated heterocycles. The van der Waals surface area contributed by atoms with Gasteiger partial charge in [0.2, 0.25) is 0 Å². The molecule has 7 rings (SSSR count). The molecule has 2 heterocycles. The van der Waals surface area contributed by atoms with Crippen LogP contribution in [0.1, 0.15) is 191 Å². The van der Waals surface area contributed by atoms with Gasteiger partial charge in [-0.1, -0.05) is 204 Å². The highest BCUT2D eigenvalue weighted by Crippen LogP contribution is 2.38. The van der Waals surface area contributed by atoms with Crippen LogP contribution in [0.3, 0.4) is 0 Å². The van der Waals surface area contributed by atoms with Gasteiger partial charge < -0.3 is 30.7 Å². The lowest BCUT2D eigenvalue weighted by Crippen LogP contribution is -2.44. The van der Waals surface area contributed by atoms with Crippen molar-refractivity contribution in [1.82, 2.24) is 21.3 Å². The summed E-state index contributed by atoms with van der Waals surface area (Å²) in [7, 11) is 0. The van der Waals surface area contributed by atoms with E-state index in [1.165, 1.54) is 44.5 Å². The third-order valence-electron chi connectivity index (χ3n) is 15.3. The van der Waals surface area contributed by atoms with Gasteiger partial charge in [-0.2, -0.15) is 0 Å². The normalized spacial score (nSPS) is 19.1. The first-order valence-corrected chi connectivity index (χ1v) is 26.5. The highest BCUT2D eigenvalue weighted by molar-refractivity contribution is 5.70. The van der Waals surface area contributed by atoms with E-state index < -0.39 is 23.3 Å². The van der Waals surface area contributed by atoms with Crippen LogP contribution in [-0.2, 0) is 42.2 Å². The zero-order valence-corrected chi connectivity index (χ0v) is 46.5. The summed E-state index contributed by atoms with van der Waals surface area (Å²) in [5, 5.41) is 13.8. The van der Waals surface area contributed by atoms with Crippen LogP contribution in [0.5, 0.6) is 0 Å². The lowest BCUT2D eigenvalue weighted by molar-refractivity contribution is 0.0970. The van der Waals surface area contributed by atoms with Crippen LogP contribution in [0.25, 0.3) is 0 Å². The molecule has 0 radical (unpaired) electrons. The molecule has 4 N–H and O–H groups in total. The van der Waals surface area contributed by atoms with Gasteiger partial charge in [-0.3, -0.25) is 0 Å². The molecule has 0 aliphatic carbocycles. The van der Waals surface area contributed by atoms with E-state index in [9.17, 15) is 9.59 Å². The monoisotopic (exact) mass is 975 g/mol. The summed E-state index contributed by atoms with van der Waals surface area (Å²) in [6, 6.07) is 44.3. The fourth-order valence-electron chi connectivity index (χ4n) is 10.5. The molecule has 72 heavy (non-hydrogen) atoms. The van der Waals surface area contributed by atoms with Crippen LogP contribution in [0.2, 0.25) is 0 Å². The summed E-state index contributed by atoms with van der Waals surface area (Å²) in [4.78, 5) is 27.5. The Bertz CT molecular complexity index is 2330. The molecule has 0 unspecified atom stereocenters. The lowest BCUT2D eigenvalue weighted by Gasteiger charge is -2.31. The summed E-state index contributed by atoms with van der Waals surface area (Å²) in [6.07, 6.45) is -0.161. The number of hydrogen-bond donors (Lipinski definition) is 4. The summed E-state index contributed by atoms with van der Waals surface area (Å²) >= 11 is 0. The molecule has 0 aromatic heterocycles. The minimum atomic E-state index is -0.775. The maximum atomic E-state index is 13.7. The summed E-state index contributed by atoms with van der Waals surface area (Å²) in [5.74, 6) is 0.169. The molecule has 2 aliphatic rings. The Hall–Kier alpha value is -5.44. The van der Waals surface area contributed by atoms with Crippen molar-refractivity contribution in [3.05, 3.63) is 177 Å². The molecule has 2 fully saturated rings. The minimum Gasteiger partial charge on any atom is -0.445 e. The van der Waals surface area contributed by atoms with E-state index in [4.69, 9.17) is 9.47 Å². The van der Waals surface area contributed by atoms with Crippen LogP contribution in [-0.4, -0.2) is 49.6 Å². The SMILES string of the molecule is CC(C)(C)c1ccc(C(c2ccc(C(C)(C)C)cc2)[C@H]2C[C@@H](OC(=O)NC(C)(C)c3cccc(C(C)(C)NC(=O)O[C@H]4CN[C@@H](C(c5ccc(C(C)(C)C)cc5)c5ccc(C(C)(C)C)cc5)C4)c3)CN2)cc1. The Labute approximate surface area is 433 Å². The molecule has 386 valence electrons. The molecule has 4 atom stereocenters. The van der Waals surface area contributed by atoms with Gasteiger partial charge in [-0.15, -0.1) is 0 Å². The fourth-order valence-corrected chi connectivity index (χ4v) is 10.5. The molecule has 2 aliphatic heterocycles. The average molecular weight is 975 g/mol.